The molecule has 0 saturated heterocycles. The third kappa shape index (κ3) is 4.03. The molecule has 2 aromatic heterocycles. The summed E-state index contributed by atoms with van der Waals surface area (Å²) in [6.45, 7) is 0.845. The molecule has 110 valence electrons. The van der Waals surface area contributed by atoms with Gasteiger partial charge < -0.3 is 20.8 Å². The van der Waals surface area contributed by atoms with Crippen LogP contribution in [-0.2, 0) is 6.54 Å². The van der Waals surface area contributed by atoms with Crippen molar-refractivity contribution in [2.45, 2.75) is 13.0 Å². The number of nitrogens with zero attached hydrogens (tertiary/aromatic N) is 4. The number of amidine groups is 1. The Labute approximate surface area is 121 Å². The number of hydrogen-bond donors (Lipinski definition) is 3. The lowest BCUT2D eigenvalue weighted by atomic mass is 10.2. The van der Waals surface area contributed by atoms with E-state index in [0.717, 1.165) is 5.56 Å². The van der Waals surface area contributed by atoms with Gasteiger partial charge in [-0.1, -0.05) is 11.2 Å². The van der Waals surface area contributed by atoms with Crippen molar-refractivity contribution in [1.29, 1.82) is 0 Å². The predicted octanol–water partition coefficient (Wildman–Crippen LogP) is 0.308. The number of aromatic nitrogens is 3. The summed E-state index contributed by atoms with van der Waals surface area (Å²) < 4.78 is 0. The van der Waals surface area contributed by atoms with E-state index in [9.17, 15) is 4.79 Å². The summed E-state index contributed by atoms with van der Waals surface area (Å²) in [5.41, 5.74) is 6.13. The molecule has 0 aromatic carbocycles. The molecule has 0 radical (unpaired) electrons. The number of rotatable bonds is 6. The van der Waals surface area contributed by atoms with Crippen molar-refractivity contribution in [3.63, 3.8) is 0 Å². The number of anilines is 1. The molecule has 2 heterocycles. The van der Waals surface area contributed by atoms with E-state index >= 15 is 0 Å². The van der Waals surface area contributed by atoms with Gasteiger partial charge in [0.1, 0.15) is 5.84 Å². The Morgan fingerprint density at radius 2 is 2.33 bits per heavy atom. The third-order valence-electron chi connectivity index (χ3n) is 2.85. The Kier molecular flexibility index (Phi) is 4.86. The van der Waals surface area contributed by atoms with E-state index in [0.29, 0.717) is 19.5 Å². The van der Waals surface area contributed by atoms with Gasteiger partial charge in [-0.25, -0.2) is 4.98 Å². The third-order valence-corrected chi connectivity index (χ3v) is 2.85. The minimum atomic E-state index is -0.291. The zero-order chi connectivity index (χ0) is 15.1. The van der Waals surface area contributed by atoms with Crippen LogP contribution >= 0.6 is 0 Å². The molecule has 0 amide bonds. The number of pyridine rings is 1. The predicted molar refractivity (Wildman–Crippen MR) is 78.2 cm³/mol. The summed E-state index contributed by atoms with van der Waals surface area (Å²) in [6, 6.07) is 3.72. The van der Waals surface area contributed by atoms with Crippen LogP contribution in [0.15, 0.2) is 46.9 Å². The fourth-order valence-corrected chi connectivity index (χ4v) is 1.84. The van der Waals surface area contributed by atoms with E-state index in [-0.39, 0.29) is 17.2 Å². The molecule has 0 aliphatic heterocycles. The Balaban J connectivity index is 2.22. The van der Waals surface area contributed by atoms with Gasteiger partial charge in [-0.3, -0.25) is 9.78 Å². The smallest absolute Gasteiger partial charge is 0.290 e. The Morgan fingerprint density at radius 3 is 3.00 bits per heavy atom. The second-order valence-electron chi connectivity index (χ2n) is 4.37. The van der Waals surface area contributed by atoms with Crippen molar-refractivity contribution in [3.05, 3.63) is 52.8 Å². The van der Waals surface area contributed by atoms with Crippen LogP contribution in [0.5, 0.6) is 0 Å². The van der Waals surface area contributed by atoms with Crippen LogP contribution in [0.4, 0.5) is 5.82 Å². The van der Waals surface area contributed by atoms with E-state index in [1.807, 2.05) is 12.1 Å². The number of hydrogen-bond acceptors (Lipinski definition) is 6. The summed E-state index contributed by atoms with van der Waals surface area (Å²) in [5.74, 6) is 0.380. The van der Waals surface area contributed by atoms with Crippen molar-refractivity contribution in [3.8, 4) is 0 Å². The van der Waals surface area contributed by atoms with Crippen LogP contribution in [0.2, 0.25) is 0 Å². The van der Waals surface area contributed by atoms with Crippen molar-refractivity contribution in [2.75, 3.05) is 11.4 Å². The van der Waals surface area contributed by atoms with Crippen LogP contribution in [0, 0.1) is 0 Å². The topological polar surface area (TPSA) is 120 Å². The van der Waals surface area contributed by atoms with Gasteiger partial charge in [0.15, 0.2) is 5.82 Å². The van der Waals surface area contributed by atoms with Crippen LogP contribution in [-0.4, -0.2) is 32.5 Å². The monoisotopic (exact) mass is 288 g/mol. The molecule has 21 heavy (non-hydrogen) atoms. The highest BCUT2D eigenvalue weighted by Gasteiger charge is 2.13. The number of aromatic amines is 1. The SMILES string of the molecule is N/C(CCN(Cc1cccnc1)c1ncc[nH]c1=O)=N/O. The van der Waals surface area contributed by atoms with Crippen LogP contribution in [0.1, 0.15) is 12.0 Å². The first-order chi connectivity index (χ1) is 10.2. The van der Waals surface area contributed by atoms with Gasteiger partial charge >= 0.3 is 0 Å². The molecule has 0 bridgehead atoms. The standard InChI is InChI=1S/C13H16N6O2/c14-11(18-21)3-7-19(9-10-2-1-4-15-8-10)12-13(20)17-6-5-16-12/h1-2,4-6,8,21H,3,7,9H2,(H2,14,18)(H,17,20). The highest BCUT2D eigenvalue weighted by molar-refractivity contribution is 5.80. The summed E-state index contributed by atoms with van der Waals surface area (Å²) >= 11 is 0. The molecule has 0 spiro atoms. The fourth-order valence-electron chi connectivity index (χ4n) is 1.84. The largest absolute Gasteiger partial charge is 0.409 e. The van der Waals surface area contributed by atoms with Gasteiger partial charge in [0.2, 0.25) is 0 Å². The molecule has 0 unspecified atom stereocenters. The molecule has 2 aromatic rings. The Morgan fingerprint density at radius 1 is 1.48 bits per heavy atom. The normalized spacial score (nSPS) is 11.3. The number of nitrogens with one attached hydrogen (secondary N) is 1. The van der Waals surface area contributed by atoms with Crippen molar-refractivity contribution in [1.82, 2.24) is 15.0 Å². The van der Waals surface area contributed by atoms with Crippen LogP contribution in [0.3, 0.4) is 0 Å². The molecule has 4 N–H and O–H groups in total. The number of H-pyrrole nitrogens is 1. The maximum atomic E-state index is 11.9. The highest BCUT2D eigenvalue weighted by atomic mass is 16.4. The average Bonchev–Trinajstić information content (AvgIpc) is 2.52. The molecule has 0 aliphatic carbocycles. The lowest BCUT2D eigenvalue weighted by Gasteiger charge is -2.22. The lowest BCUT2D eigenvalue weighted by Crippen LogP contribution is -2.33. The summed E-state index contributed by atoms with van der Waals surface area (Å²) in [4.78, 5) is 24.4. The van der Waals surface area contributed by atoms with Crippen LogP contribution in [0.25, 0.3) is 0 Å². The van der Waals surface area contributed by atoms with Crippen molar-refractivity contribution < 1.29 is 5.21 Å². The zero-order valence-electron chi connectivity index (χ0n) is 11.3. The second-order valence-corrected chi connectivity index (χ2v) is 4.37. The first kappa shape index (κ1) is 14.5. The molecule has 0 aliphatic rings. The summed E-state index contributed by atoms with van der Waals surface area (Å²) in [6.07, 6.45) is 6.69. The maximum absolute atomic E-state index is 11.9. The molecular formula is C13H16N6O2. The zero-order valence-corrected chi connectivity index (χ0v) is 11.3. The first-order valence-electron chi connectivity index (χ1n) is 6.34. The molecule has 0 saturated carbocycles. The Hall–Kier alpha value is -2.90. The molecule has 0 fully saturated rings. The summed E-state index contributed by atoms with van der Waals surface area (Å²) in [7, 11) is 0. The van der Waals surface area contributed by atoms with E-state index < -0.39 is 0 Å². The maximum Gasteiger partial charge on any atom is 0.290 e. The molecule has 8 nitrogen and oxygen atoms in total. The average molecular weight is 288 g/mol. The number of nitrogens with two attached hydrogens (primary N) is 1. The van der Waals surface area contributed by atoms with Gasteiger partial charge in [-0.2, -0.15) is 0 Å². The molecule has 0 atom stereocenters. The van der Waals surface area contributed by atoms with Crippen molar-refractivity contribution >= 4 is 11.7 Å². The molecule has 8 heteroatoms. The van der Waals surface area contributed by atoms with Gasteiger partial charge in [0, 0.05) is 44.3 Å². The summed E-state index contributed by atoms with van der Waals surface area (Å²) in [5, 5.41) is 11.5. The first-order valence-corrected chi connectivity index (χ1v) is 6.34. The van der Waals surface area contributed by atoms with Gasteiger partial charge in [0.05, 0.1) is 0 Å². The van der Waals surface area contributed by atoms with E-state index in [4.69, 9.17) is 10.9 Å². The van der Waals surface area contributed by atoms with E-state index in [2.05, 4.69) is 20.1 Å². The highest BCUT2D eigenvalue weighted by Crippen LogP contribution is 2.09. The van der Waals surface area contributed by atoms with Gasteiger partial charge in [0.25, 0.3) is 5.56 Å². The Bertz CT molecular complexity index is 655. The fraction of sp³-hybridized carbons (Fsp3) is 0.231. The molecular weight excluding hydrogens is 272 g/mol. The lowest BCUT2D eigenvalue weighted by molar-refractivity contribution is 0.317. The van der Waals surface area contributed by atoms with Crippen LogP contribution < -0.4 is 16.2 Å². The van der Waals surface area contributed by atoms with Gasteiger partial charge in [-0.15, -0.1) is 0 Å². The van der Waals surface area contributed by atoms with E-state index in [1.54, 1.807) is 17.3 Å². The molecule has 2 rings (SSSR count). The number of oxime groups is 1. The van der Waals surface area contributed by atoms with Gasteiger partial charge in [-0.05, 0) is 11.6 Å². The second kappa shape index (κ2) is 7.04. The minimum absolute atomic E-state index is 0.0959. The van der Waals surface area contributed by atoms with Crippen molar-refractivity contribution in [2.24, 2.45) is 10.9 Å². The van der Waals surface area contributed by atoms with E-state index in [1.165, 1.54) is 12.4 Å². The quantitative estimate of drug-likeness (QED) is 0.304. The minimum Gasteiger partial charge on any atom is -0.409 e.